The number of hydrogen-bond donors (Lipinski definition) is 0. The lowest BCUT2D eigenvalue weighted by Crippen LogP contribution is -2.36. The van der Waals surface area contributed by atoms with Gasteiger partial charge in [-0.2, -0.15) is 11.8 Å². The molecule has 2 heterocycles. The second kappa shape index (κ2) is 10.3. The highest BCUT2D eigenvalue weighted by atomic mass is 32.2. The molecular weight excluding hydrogens is 418 g/mol. The van der Waals surface area contributed by atoms with E-state index in [1.807, 2.05) is 78.2 Å². The Kier molecular flexibility index (Phi) is 7.20. The molecule has 168 valence electrons. The molecular formula is C26H31N3O2S. The van der Waals surface area contributed by atoms with E-state index >= 15 is 0 Å². The summed E-state index contributed by atoms with van der Waals surface area (Å²) in [6.07, 6.45) is 0. The van der Waals surface area contributed by atoms with E-state index in [0.29, 0.717) is 24.6 Å². The first kappa shape index (κ1) is 22.5. The minimum atomic E-state index is 0.0408. The van der Waals surface area contributed by atoms with Crippen LogP contribution in [0.4, 0.5) is 5.88 Å². The van der Waals surface area contributed by atoms with E-state index in [1.165, 1.54) is 0 Å². The van der Waals surface area contributed by atoms with E-state index in [1.54, 1.807) is 0 Å². The number of carbonyl (C=O) groups excluding carboxylic acids is 1. The summed E-state index contributed by atoms with van der Waals surface area (Å²) in [6.45, 7) is 9.31. The first-order valence-electron chi connectivity index (χ1n) is 11.3. The lowest BCUT2D eigenvalue weighted by atomic mass is 10.0. The molecule has 0 aliphatic carbocycles. The summed E-state index contributed by atoms with van der Waals surface area (Å²) in [4.78, 5) is 17.7. The molecule has 32 heavy (non-hydrogen) atoms. The third kappa shape index (κ3) is 5.18. The van der Waals surface area contributed by atoms with Crippen LogP contribution in [0.15, 0.2) is 59.1 Å². The quantitative estimate of drug-likeness (QED) is 0.477. The van der Waals surface area contributed by atoms with Crippen LogP contribution in [-0.4, -0.2) is 47.1 Å². The fourth-order valence-corrected chi connectivity index (χ4v) is 4.91. The molecule has 0 spiro atoms. The minimum absolute atomic E-state index is 0.0408. The Morgan fingerprint density at radius 1 is 1.09 bits per heavy atom. The molecule has 2 aromatic carbocycles. The number of amides is 1. The fraction of sp³-hybridized carbons (Fsp3) is 0.385. The highest BCUT2D eigenvalue weighted by Gasteiger charge is 2.27. The molecule has 5 nitrogen and oxygen atoms in total. The van der Waals surface area contributed by atoms with Gasteiger partial charge >= 0.3 is 0 Å². The topological polar surface area (TPSA) is 49.6 Å². The zero-order chi connectivity index (χ0) is 22.5. The van der Waals surface area contributed by atoms with Crippen LogP contribution in [0.2, 0.25) is 0 Å². The van der Waals surface area contributed by atoms with Gasteiger partial charge in [-0.05, 0) is 25.0 Å². The van der Waals surface area contributed by atoms with Gasteiger partial charge in [0.05, 0.1) is 12.1 Å². The van der Waals surface area contributed by atoms with Gasteiger partial charge in [0.2, 0.25) is 5.88 Å². The SMILES string of the molecule is Cc1ccc(C(=O)N(Cc2c(-c3ccccc3)noc2N2CCSCC2)CC(C)C)cc1. The average molecular weight is 450 g/mol. The molecule has 4 rings (SSSR count). The smallest absolute Gasteiger partial charge is 0.254 e. The summed E-state index contributed by atoms with van der Waals surface area (Å²) in [7, 11) is 0. The van der Waals surface area contributed by atoms with Crippen LogP contribution in [0, 0.1) is 12.8 Å². The Hall–Kier alpha value is -2.73. The number of aryl methyl sites for hydroxylation is 1. The van der Waals surface area contributed by atoms with Crippen molar-refractivity contribution in [1.29, 1.82) is 0 Å². The molecule has 0 radical (unpaired) electrons. The third-order valence-corrected chi connectivity index (χ3v) is 6.58. The molecule has 0 bridgehead atoms. The Balaban J connectivity index is 1.72. The molecule has 0 atom stereocenters. The first-order chi connectivity index (χ1) is 15.5. The molecule has 1 aliphatic rings. The van der Waals surface area contributed by atoms with E-state index in [9.17, 15) is 4.79 Å². The summed E-state index contributed by atoms with van der Waals surface area (Å²) < 4.78 is 5.93. The number of carbonyl (C=O) groups is 1. The summed E-state index contributed by atoms with van der Waals surface area (Å²) in [5.74, 6) is 3.32. The molecule has 1 fully saturated rings. The molecule has 0 N–H and O–H groups in total. The number of rotatable bonds is 7. The molecule has 1 aromatic heterocycles. The summed E-state index contributed by atoms with van der Waals surface area (Å²) in [5, 5.41) is 4.48. The Labute approximate surface area is 194 Å². The van der Waals surface area contributed by atoms with Crippen LogP contribution < -0.4 is 4.90 Å². The maximum Gasteiger partial charge on any atom is 0.254 e. The second-order valence-electron chi connectivity index (χ2n) is 8.73. The summed E-state index contributed by atoms with van der Waals surface area (Å²) in [6, 6.07) is 17.9. The molecule has 3 aromatic rings. The fourth-order valence-electron chi connectivity index (χ4n) is 4.01. The van der Waals surface area contributed by atoms with Crippen LogP contribution in [0.5, 0.6) is 0 Å². The van der Waals surface area contributed by atoms with Crippen LogP contribution in [0.25, 0.3) is 11.3 Å². The largest absolute Gasteiger partial charge is 0.339 e. The Bertz CT molecular complexity index is 1020. The van der Waals surface area contributed by atoms with Gasteiger partial charge in [0.15, 0.2) is 0 Å². The first-order valence-corrected chi connectivity index (χ1v) is 12.4. The number of nitrogens with zero attached hydrogens (tertiary/aromatic N) is 3. The van der Waals surface area contributed by atoms with Crippen molar-refractivity contribution in [2.45, 2.75) is 27.3 Å². The molecule has 0 unspecified atom stereocenters. The van der Waals surface area contributed by atoms with Crippen molar-refractivity contribution in [2.75, 3.05) is 36.0 Å². The molecule has 0 saturated carbocycles. The lowest BCUT2D eigenvalue weighted by molar-refractivity contribution is 0.0723. The van der Waals surface area contributed by atoms with Gasteiger partial charge in [-0.1, -0.05) is 67.0 Å². The number of thioether (sulfide) groups is 1. The number of anilines is 1. The average Bonchev–Trinajstić information content (AvgIpc) is 3.23. The maximum atomic E-state index is 13.5. The second-order valence-corrected chi connectivity index (χ2v) is 9.95. The zero-order valence-corrected chi connectivity index (χ0v) is 19.9. The van der Waals surface area contributed by atoms with E-state index in [-0.39, 0.29) is 5.91 Å². The predicted octanol–water partition coefficient (Wildman–Crippen LogP) is 5.50. The van der Waals surface area contributed by atoms with Crippen molar-refractivity contribution in [3.05, 3.63) is 71.3 Å². The molecule has 1 saturated heterocycles. The maximum absolute atomic E-state index is 13.5. The molecule has 6 heteroatoms. The van der Waals surface area contributed by atoms with Crippen molar-refractivity contribution in [1.82, 2.24) is 10.1 Å². The van der Waals surface area contributed by atoms with Crippen LogP contribution in [0.1, 0.15) is 35.3 Å². The summed E-state index contributed by atoms with van der Waals surface area (Å²) in [5.41, 5.74) is 4.68. The van der Waals surface area contributed by atoms with E-state index in [2.05, 4.69) is 23.9 Å². The van der Waals surface area contributed by atoms with Gasteiger partial charge in [-0.15, -0.1) is 0 Å². The zero-order valence-electron chi connectivity index (χ0n) is 19.1. The van der Waals surface area contributed by atoms with E-state index < -0.39 is 0 Å². The Morgan fingerprint density at radius 3 is 2.44 bits per heavy atom. The van der Waals surface area contributed by atoms with Crippen molar-refractivity contribution in [2.24, 2.45) is 5.92 Å². The van der Waals surface area contributed by atoms with Crippen LogP contribution in [0.3, 0.4) is 0 Å². The van der Waals surface area contributed by atoms with Gasteiger partial charge in [0, 0.05) is 42.3 Å². The highest BCUT2D eigenvalue weighted by Crippen LogP contribution is 2.34. The molecule has 1 aliphatic heterocycles. The van der Waals surface area contributed by atoms with Crippen molar-refractivity contribution < 1.29 is 9.32 Å². The van der Waals surface area contributed by atoms with E-state index in [4.69, 9.17) is 4.52 Å². The van der Waals surface area contributed by atoms with Crippen LogP contribution >= 0.6 is 11.8 Å². The van der Waals surface area contributed by atoms with Gasteiger partial charge < -0.3 is 14.3 Å². The normalized spacial score (nSPS) is 14.1. The lowest BCUT2D eigenvalue weighted by Gasteiger charge is -2.29. The number of hydrogen-bond acceptors (Lipinski definition) is 5. The van der Waals surface area contributed by atoms with Gasteiger partial charge in [0.1, 0.15) is 5.69 Å². The van der Waals surface area contributed by atoms with Crippen molar-refractivity contribution >= 4 is 23.6 Å². The monoisotopic (exact) mass is 449 g/mol. The number of aromatic nitrogens is 1. The van der Waals surface area contributed by atoms with E-state index in [0.717, 1.165) is 52.9 Å². The van der Waals surface area contributed by atoms with Crippen LogP contribution in [-0.2, 0) is 6.54 Å². The predicted molar refractivity (Wildman–Crippen MR) is 132 cm³/mol. The van der Waals surface area contributed by atoms with Gasteiger partial charge in [0.25, 0.3) is 5.91 Å². The standard InChI is InChI=1S/C26H31N3O2S/c1-19(2)17-29(25(30)22-11-9-20(3)10-12-22)18-23-24(21-7-5-4-6-8-21)27-31-26(23)28-13-15-32-16-14-28/h4-12,19H,13-18H2,1-3H3. The Morgan fingerprint density at radius 2 is 1.78 bits per heavy atom. The molecule has 1 amide bonds. The highest BCUT2D eigenvalue weighted by molar-refractivity contribution is 7.99. The van der Waals surface area contributed by atoms with Gasteiger partial charge in [-0.3, -0.25) is 4.79 Å². The number of benzene rings is 2. The summed E-state index contributed by atoms with van der Waals surface area (Å²) >= 11 is 1.96. The van der Waals surface area contributed by atoms with Gasteiger partial charge in [-0.25, -0.2) is 0 Å². The van der Waals surface area contributed by atoms with Crippen molar-refractivity contribution in [3.63, 3.8) is 0 Å². The minimum Gasteiger partial charge on any atom is -0.339 e. The third-order valence-electron chi connectivity index (χ3n) is 5.63. The van der Waals surface area contributed by atoms with Crippen molar-refractivity contribution in [3.8, 4) is 11.3 Å².